The lowest BCUT2D eigenvalue weighted by atomic mass is 10.1. The fraction of sp³-hybridized carbons (Fsp3) is 0.667. The Hall–Kier alpha value is -0.870. The van der Waals surface area contributed by atoms with E-state index in [9.17, 15) is 13.5 Å². The maximum atomic E-state index is 12.8. The summed E-state index contributed by atoms with van der Waals surface area (Å²) < 4.78 is 24.6. The molecule has 1 aliphatic rings. The number of benzene rings is 1. The first kappa shape index (κ1) is 17.5. The van der Waals surface area contributed by atoms with Crippen LogP contribution in [0, 0.1) is 0 Å². The van der Waals surface area contributed by atoms with Gasteiger partial charge in [0.25, 0.3) is 0 Å². The summed E-state index contributed by atoms with van der Waals surface area (Å²) in [5, 5.41) is 9.97. The third kappa shape index (κ3) is 3.72. The molecule has 1 aromatic carbocycles. The molecule has 0 aromatic heterocycles. The summed E-state index contributed by atoms with van der Waals surface area (Å²) in [4.78, 5) is 0.342. The number of hydrogen-bond acceptors (Lipinski definition) is 3. The molecule has 0 spiro atoms. The van der Waals surface area contributed by atoms with Gasteiger partial charge >= 0.3 is 0 Å². The fourth-order valence-electron chi connectivity index (χ4n) is 3.18. The van der Waals surface area contributed by atoms with E-state index in [1.807, 2.05) is 6.07 Å². The lowest BCUT2D eigenvalue weighted by Gasteiger charge is -2.17. The van der Waals surface area contributed by atoms with Crippen molar-refractivity contribution in [2.75, 3.05) is 0 Å². The van der Waals surface area contributed by atoms with E-state index in [4.69, 9.17) is 0 Å². The van der Waals surface area contributed by atoms with E-state index in [-0.39, 0.29) is 0 Å². The van der Waals surface area contributed by atoms with Crippen LogP contribution in [-0.2, 0) is 9.84 Å². The molecule has 124 valence electrons. The van der Waals surface area contributed by atoms with Gasteiger partial charge in [-0.05, 0) is 25.0 Å². The molecule has 0 aliphatic heterocycles. The van der Waals surface area contributed by atoms with Crippen LogP contribution in [0.3, 0.4) is 0 Å². The molecule has 1 aromatic rings. The highest BCUT2D eigenvalue weighted by molar-refractivity contribution is 7.93. The Labute approximate surface area is 134 Å². The third-order valence-corrected chi connectivity index (χ3v) is 7.38. The number of sulfone groups is 1. The molecule has 0 saturated heterocycles. The van der Waals surface area contributed by atoms with E-state index < -0.39 is 20.7 Å². The SMILES string of the molecule is CCCCCCCCCC1(S(=O)(=O)c2ccccc2)CC1O. The molecule has 2 rings (SSSR count). The molecular formula is C18H28O3S. The van der Waals surface area contributed by atoms with Crippen LogP contribution in [0.2, 0.25) is 0 Å². The van der Waals surface area contributed by atoms with E-state index in [0.717, 1.165) is 19.3 Å². The highest BCUT2D eigenvalue weighted by Gasteiger charge is 2.62. The normalized spacial score (nSPS) is 24.4. The summed E-state index contributed by atoms with van der Waals surface area (Å²) in [5.41, 5.74) is 0. The second-order valence-electron chi connectivity index (χ2n) is 6.47. The molecule has 0 amide bonds. The van der Waals surface area contributed by atoms with Gasteiger partial charge < -0.3 is 5.11 Å². The first-order valence-electron chi connectivity index (χ1n) is 8.52. The van der Waals surface area contributed by atoms with E-state index in [1.165, 1.54) is 25.7 Å². The molecule has 3 nitrogen and oxygen atoms in total. The summed E-state index contributed by atoms with van der Waals surface area (Å²) in [6.45, 7) is 2.20. The van der Waals surface area contributed by atoms with E-state index in [1.54, 1.807) is 24.3 Å². The molecule has 0 bridgehead atoms. The van der Waals surface area contributed by atoms with Crippen LogP contribution in [0.15, 0.2) is 35.2 Å². The smallest absolute Gasteiger partial charge is 0.186 e. The lowest BCUT2D eigenvalue weighted by Crippen LogP contribution is -2.27. The maximum absolute atomic E-state index is 12.8. The minimum absolute atomic E-state index is 0.342. The van der Waals surface area contributed by atoms with Crippen molar-refractivity contribution in [3.63, 3.8) is 0 Å². The minimum atomic E-state index is -3.43. The molecule has 0 heterocycles. The molecular weight excluding hydrogens is 296 g/mol. The maximum Gasteiger partial charge on any atom is 0.186 e. The van der Waals surface area contributed by atoms with E-state index in [0.29, 0.717) is 17.7 Å². The zero-order valence-corrected chi connectivity index (χ0v) is 14.3. The van der Waals surface area contributed by atoms with Gasteiger partial charge in [-0.15, -0.1) is 0 Å². The molecule has 22 heavy (non-hydrogen) atoms. The fourth-order valence-corrected chi connectivity index (χ4v) is 5.31. The molecule has 4 heteroatoms. The van der Waals surface area contributed by atoms with Gasteiger partial charge in [-0.25, -0.2) is 8.42 Å². The highest BCUT2D eigenvalue weighted by Crippen LogP contribution is 2.50. The van der Waals surface area contributed by atoms with Crippen molar-refractivity contribution >= 4 is 9.84 Å². The van der Waals surface area contributed by atoms with Gasteiger partial charge in [-0.1, -0.05) is 70.1 Å². The van der Waals surface area contributed by atoms with Crippen LogP contribution in [0.5, 0.6) is 0 Å². The summed E-state index contributed by atoms with van der Waals surface area (Å²) >= 11 is 0. The van der Waals surface area contributed by atoms with Crippen molar-refractivity contribution in [2.24, 2.45) is 0 Å². The van der Waals surface area contributed by atoms with Crippen LogP contribution in [0.1, 0.15) is 64.7 Å². The highest BCUT2D eigenvalue weighted by atomic mass is 32.2. The second kappa shape index (κ2) is 7.60. The molecule has 2 atom stereocenters. The predicted molar refractivity (Wildman–Crippen MR) is 89.6 cm³/mol. The average molecular weight is 324 g/mol. The Balaban J connectivity index is 1.88. The van der Waals surface area contributed by atoms with Crippen LogP contribution in [0.4, 0.5) is 0 Å². The largest absolute Gasteiger partial charge is 0.391 e. The first-order valence-corrected chi connectivity index (χ1v) is 10.0. The van der Waals surface area contributed by atoms with Crippen molar-refractivity contribution in [1.29, 1.82) is 0 Å². The quantitative estimate of drug-likeness (QED) is 0.659. The van der Waals surface area contributed by atoms with Crippen molar-refractivity contribution < 1.29 is 13.5 Å². The minimum Gasteiger partial charge on any atom is -0.391 e. The Morgan fingerprint density at radius 3 is 2.14 bits per heavy atom. The zero-order chi connectivity index (χ0) is 16.1. The van der Waals surface area contributed by atoms with Gasteiger partial charge in [-0.2, -0.15) is 0 Å². The first-order chi connectivity index (χ1) is 10.5. The summed E-state index contributed by atoms with van der Waals surface area (Å²) in [6.07, 6.45) is 8.41. The van der Waals surface area contributed by atoms with Gasteiger partial charge in [0.15, 0.2) is 9.84 Å². The predicted octanol–water partition coefficient (Wildman–Crippen LogP) is 4.10. The van der Waals surface area contributed by atoms with Gasteiger partial charge in [0.1, 0.15) is 4.75 Å². The molecule has 1 fully saturated rings. The number of hydrogen-bond donors (Lipinski definition) is 1. The van der Waals surface area contributed by atoms with Crippen molar-refractivity contribution in [3.8, 4) is 0 Å². The average Bonchev–Trinajstić information content (AvgIpc) is 3.19. The van der Waals surface area contributed by atoms with Gasteiger partial charge in [0.2, 0.25) is 0 Å². The zero-order valence-electron chi connectivity index (χ0n) is 13.5. The van der Waals surface area contributed by atoms with Crippen molar-refractivity contribution in [2.45, 2.75) is 80.5 Å². The summed E-state index contributed by atoms with van der Waals surface area (Å²) in [5.74, 6) is 0. The molecule has 1 aliphatic carbocycles. The lowest BCUT2D eigenvalue weighted by molar-refractivity contribution is 0.260. The summed E-state index contributed by atoms with van der Waals surface area (Å²) in [6, 6.07) is 8.55. The second-order valence-corrected chi connectivity index (χ2v) is 8.76. The van der Waals surface area contributed by atoms with Crippen LogP contribution in [-0.4, -0.2) is 24.4 Å². The van der Waals surface area contributed by atoms with E-state index >= 15 is 0 Å². The Morgan fingerprint density at radius 2 is 1.59 bits per heavy atom. The molecule has 2 unspecified atom stereocenters. The van der Waals surface area contributed by atoms with Gasteiger partial charge in [-0.3, -0.25) is 0 Å². The molecule has 0 radical (unpaired) electrons. The molecule has 1 saturated carbocycles. The Kier molecular flexibility index (Phi) is 6.04. The van der Waals surface area contributed by atoms with Crippen LogP contribution < -0.4 is 0 Å². The van der Waals surface area contributed by atoms with Crippen molar-refractivity contribution in [1.82, 2.24) is 0 Å². The van der Waals surface area contributed by atoms with Crippen LogP contribution in [0.25, 0.3) is 0 Å². The monoisotopic (exact) mass is 324 g/mol. The topological polar surface area (TPSA) is 54.4 Å². The van der Waals surface area contributed by atoms with E-state index in [2.05, 4.69) is 6.92 Å². The number of rotatable bonds is 10. The van der Waals surface area contributed by atoms with Gasteiger partial charge in [0, 0.05) is 0 Å². The Morgan fingerprint density at radius 1 is 1.05 bits per heavy atom. The Bertz CT molecular complexity index is 553. The third-order valence-electron chi connectivity index (χ3n) is 4.78. The molecule has 1 N–H and O–H groups in total. The van der Waals surface area contributed by atoms with Crippen LogP contribution >= 0.6 is 0 Å². The number of aliphatic hydroxyl groups is 1. The standard InChI is InChI=1S/C18H28O3S/c1-2-3-4-5-6-7-11-14-18(15-17(18)19)22(20,21)16-12-9-8-10-13-16/h8-10,12-13,17,19H,2-7,11,14-15H2,1H3. The number of unbranched alkanes of at least 4 members (excludes halogenated alkanes) is 6. The summed E-state index contributed by atoms with van der Waals surface area (Å²) in [7, 11) is -3.43. The number of aliphatic hydroxyl groups excluding tert-OH is 1. The van der Waals surface area contributed by atoms with Crippen molar-refractivity contribution in [3.05, 3.63) is 30.3 Å². The van der Waals surface area contributed by atoms with Gasteiger partial charge in [0.05, 0.1) is 11.0 Å².